The lowest BCUT2D eigenvalue weighted by molar-refractivity contribution is 0.153. The lowest BCUT2D eigenvalue weighted by atomic mass is 9.97. The Bertz CT molecular complexity index is 444. The van der Waals surface area contributed by atoms with E-state index in [-0.39, 0.29) is 12.1 Å². The van der Waals surface area contributed by atoms with Crippen LogP contribution in [-0.4, -0.2) is 12.1 Å². The fraction of sp³-hybridized carbons (Fsp3) is 0.625. The van der Waals surface area contributed by atoms with Gasteiger partial charge in [0.15, 0.2) is 0 Å². The highest BCUT2D eigenvalue weighted by Crippen LogP contribution is 2.35. The molecule has 0 radical (unpaired) electrons. The summed E-state index contributed by atoms with van der Waals surface area (Å²) in [5.74, 6) is 0.784. The fourth-order valence-corrected chi connectivity index (χ4v) is 3.25. The zero-order valence-electron chi connectivity index (χ0n) is 12.0. The van der Waals surface area contributed by atoms with Gasteiger partial charge in [-0.15, -0.1) is 0 Å². The molecule has 4 heteroatoms. The summed E-state index contributed by atoms with van der Waals surface area (Å²) < 4.78 is 6.17. The number of benzene rings is 1. The molecule has 0 amide bonds. The molecular weight excluding hydrogens is 293 g/mol. The van der Waals surface area contributed by atoms with E-state index in [0.29, 0.717) is 10.0 Å². The Morgan fingerprint density at radius 2 is 1.95 bits per heavy atom. The summed E-state index contributed by atoms with van der Waals surface area (Å²) in [5, 5.41) is 1.24. The quantitative estimate of drug-likeness (QED) is 0.831. The molecule has 1 aliphatic rings. The average Bonchev–Trinajstić information content (AvgIpc) is 2.43. The Kier molecular flexibility index (Phi) is 6.01. The molecule has 0 aliphatic heterocycles. The van der Waals surface area contributed by atoms with Crippen molar-refractivity contribution >= 4 is 23.2 Å². The largest absolute Gasteiger partial charge is 0.489 e. The summed E-state index contributed by atoms with van der Waals surface area (Å²) in [5.41, 5.74) is 7.10. The van der Waals surface area contributed by atoms with Crippen molar-refractivity contribution in [2.45, 2.75) is 64.0 Å². The molecule has 0 bridgehead atoms. The van der Waals surface area contributed by atoms with Crippen molar-refractivity contribution in [3.63, 3.8) is 0 Å². The molecule has 1 atom stereocenters. The number of rotatable bonds is 5. The van der Waals surface area contributed by atoms with E-state index in [9.17, 15) is 0 Å². The van der Waals surface area contributed by atoms with Crippen molar-refractivity contribution in [3.8, 4) is 5.75 Å². The zero-order valence-corrected chi connectivity index (χ0v) is 13.5. The van der Waals surface area contributed by atoms with Gasteiger partial charge < -0.3 is 10.5 Å². The number of hydrogen-bond acceptors (Lipinski definition) is 2. The van der Waals surface area contributed by atoms with Crippen LogP contribution < -0.4 is 10.5 Å². The standard InChI is InChI=1S/C16H23Cl2NO/c1-2-13(19)9-11-8-12(17)10-15(18)16(11)20-14-6-4-3-5-7-14/h8,10,13-14H,2-7,9,19H2,1H3. The highest BCUT2D eigenvalue weighted by molar-refractivity contribution is 6.35. The van der Waals surface area contributed by atoms with Gasteiger partial charge in [-0.1, -0.05) is 36.5 Å². The first-order valence-corrected chi connectivity index (χ1v) is 8.26. The van der Waals surface area contributed by atoms with Crippen LogP contribution in [0.2, 0.25) is 10.0 Å². The second kappa shape index (κ2) is 7.53. The molecule has 2 nitrogen and oxygen atoms in total. The van der Waals surface area contributed by atoms with Gasteiger partial charge in [0, 0.05) is 11.1 Å². The van der Waals surface area contributed by atoms with E-state index >= 15 is 0 Å². The molecule has 1 fully saturated rings. The Labute approximate surface area is 131 Å². The van der Waals surface area contributed by atoms with Gasteiger partial charge in [-0.3, -0.25) is 0 Å². The molecule has 0 saturated heterocycles. The Morgan fingerprint density at radius 1 is 1.25 bits per heavy atom. The van der Waals surface area contributed by atoms with E-state index in [2.05, 4.69) is 6.92 Å². The predicted octanol–water partition coefficient (Wildman–Crippen LogP) is 4.98. The van der Waals surface area contributed by atoms with Crippen molar-refractivity contribution in [1.29, 1.82) is 0 Å². The van der Waals surface area contributed by atoms with E-state index in [4.69, 9.17) is 33.7 Å². The molecule has 2 rings (SSSR count). The second-order valence-corrected chi connectivity index (χ2v) is 6.47. The predicted molar refractivity (Wildman–Crippen MR) is 85.9 cm³/mol. The van der Waals surface area contributed by atoms with Crippen LogP contribution in [0.4, 0.5) is 0 Å². The van der Waals surface area contributed by atoms with E-state index in [1.54, 1.807) is 6.07 Å². The molecule has 1 saturated carbocycles. The summed E-state index contributed by atoms with van der Waals surface area (Å²) in [6.07, 6.45) is 7.95. The summed E-state index contributed by atoms with van der Waals surface area (Å²) >= 11 is 12.4. The molecule has 0 spiro atoms. The third-order valence-electron chi connectivity index (χ3n) is 3.93. The molecule has 1 unspecified atom stereocenters. The highest BCUT2D eigenvalue weighted by Gasteiger charge is 2.19. The molecule has 2 N–H and O–H groups in total. The van der Waals surface area contributed by atoms with Crippen molar-refractivity contribution in [2.75, 3.05) is 0 Å². The Balaban J connectivity index is 2.19. The highest BCUT2D eigenvalue weighted by atomic mass is 35.5. The van der Waals surface area contributed by atoms with Gasteiger partial charge in [0.2, 0.25) is 0 Å². The summed E-state index contributed by atoms with van der Waals surface area (Å²) in [6.45, 7) is 2.08. The minimum absolute atomic E-state index is 0.109. The molecule has 112 valence electrons. The third kappa shape index (κ3) is 4.28. The van der Waals surface area contributed by atoms with Gasteiger partial charge in [0.1, 0.15) is 5.75 Å². The number of halogens is 2. The van der Waals surface area contributed by atoms with Gasteiger partial charge in [0.05, 0.1) is 11.1 Å². The molecular formula is C16H23Cl2NO. The number of nitrogens with two attached hydrogens (primary N) is 1. The average molecular weight is 316 g/mol. The van der Waals surface area contributed by atoms with Gasteiger partial charge in [-0.25, -0.2) is 0 Å². The van der Waals surface area contributed by atoms with Gasteiger partial charge in [0.25, 0.3) is 0 Å². The normalized spacial score (nSPS) is 18.0. The topological polar surface area (TPSA) is 35.2 Å². The monoisotopic (exact) mass is 315 g/mol. The van der Waals surface area contributed by atoms with Crippen LogP contribution in [0, 0.1) is 0 Å². The molecule has 1 aromatic carbocycles. The minimum atomic E-state index is 0.109. The molecule has 1 aliphatic carbocycles. The van der Waals surface area contributed by atoms with Crippen LogP contribution in [-0.2, 0) is 6.42 Å². The first kappa shape index (κ1) is 15.9. The van der Waals surface area contributed by atoms with Gasteiger partial charge >= 0.3 is 0 Å². The Morgan fingerprint density at radius 3 is 2.60 bits per heavy atom. The van der Waals surface area contributed by atoms with Crippen LogP contribution in [0.5, 0.6) is 5.75 Å². The van der Waals surface area contributed by atoms with Crippen LogP contribution in [0.3, 0.4) is 0 Å². The first-order valence-electron chi connectivity index (χ1n) is 7.50. The SMILES string of the molecule is CCC(N)Cc1cc(Cl)cc(Cl)c1OC1CCCCC1. The Hall–Kier alpha value is -0.440. The van der Waals surface area contributed by atoms with Gasteiger partial charge in [-0.05, 0) is 56.2 Å². The maximum Gasteiger partial charge on any atom is 0.141 e. The van der Waals surface area contributed by atoms with Crippen LogP contribution in [0.1, 0.15) is 51.0 Å². The van der Waals surface area contributed by atoms with E-state index in [1.165, 1.54) is 19.3 Å². The van der Waals surface area contributed by atoms with Crippen LogP contribution >= 0.6 is 23.2 Å². The van der Waals surface area contributed by atoms with Crippen molar-refractivity contribution in [1.82, 2.24) is 0 Å². The smallest absolute Gasteiger partial charge is 0.141 e. The molecule has 20 heavy (non-hydrogen) atoms. The molecule has 1 aromatic rings. The zero-order chi connectivity index (χ0) is 14.5. The maximum absolute atomic E-state index is 6.33. The molecule has 0 aromatic heterocycles. The van der Waals surface area contributed by atoms with Crippen molar-refractivity contribution in [3.05, 3.63) is 27.7 Å². The van der Waals surface area contributed by atoms with Crippen LogP contribution in [0.25, 0.3) is 0 Å². The van der Waals surface area contributed by atoms with Crippen molar-refractivity contribution in [2.24, 2.45) is 5.73 Å². The lowest BCUT2D eigenvalue weighted by Crippen LogP contribution is -2.24. The first-order chi connectivity index (χ1) is 9.60. The van der Waals surface area contributed by atoms with E-state index in [0.717, 1.165) is 37.0 Å². The third-order valence-corrected chi connectivity index (χ3v) is 4.43. The fourth-order valence-electron chi connectivity index (χ4n) is 2.67. The summed E-state index contributed by atoms with van der Waals surface area (Å²) in [4.78, 5) is 0. The summed E-state index contributed by atoms with van der Waals surface area (Å²) in [6, 6.07) is 3.79. The number of hydrogen-bond donors (Lipinski definition) is 1. The lowest BCUT2D eigenvalue weighted by Gasteiger charge is -2.25. The van der Waals surface area contributed by atoms with Crippen molar-refractivity contribution < 1.29 is 4.74 Å². The van der Waals surface area contributed by atoms with E-state index < -0.39 is 0 Å². The summed E-state index contributed by atoms with van der Waals surface area (Å²) in [7, 11) is 0. The number of ether oxygens (including phenoxy) is 1. The second-order valence-electron chi connectivity index (χ2n) is 5.63. The van der Waals surface area contributed by atoms with E-state index in [1.807, 2.05) is 6.07 Å². The van der Waals surface area contributed by atoms with Gasteiger partial charge in [-0.2, -0.15) is 0 Å². The van der Waals surface area contributed by atoms with Crippen LogP contribution in [0.15, 0.2) is 12.1 Å². The maximum atomic E-state index is 6.33. The minimum Gasteiger partial charge on any atom is -0.489 e. The molecule has 0 heterocycles.